The maximum absolute atomic E-state index is 12.1. The first-order valence-electron chi connectivity index (χ1n) is 12.9. The Morgan fingerprint density at radius 3 is 1.82 bits per heavy atom. The second-order valence-electron chi connectivity index (χ2n) is 8.75. The van der Waals surface area contributed by atoms with Gasteiger partial charge in [0.05, 0.1) is 6.61 Å². The van der Waals surface area contributed by atoms with Crippen LogP contribution >= 0.6 is 7.82 Å². The number of carbonyl (C=O) groups is 2. The van der Waals surface area contributed by atoms with Gasteiger partial charge in [-0.3, -0.25) is 14.1 Å². The number of unbranched alkanes of at least 4 members (excludes halogenated alkanes) is 13. The van der Waals surface area contributed by atoms with Crippen molar-refractivity contribution < 1.29 is 37.9 Å². The third kappa shape index (κ3) is 23.9. The topological polar surface area (TPSA) is 119 Å². The number of phosphoric ester groups is 1. The molecule has 0 aliphatic carbocycles. The molecule has 0 aromatic carbocycles. The molecule has 0 spiro atoms. The molecule has 0 unspecified atom stereocenters. The van der Waals surface area contributed by atoms with E-state index in [1.807, 2.05) is 6.08 Å². The van der Waals surface area contributed by atoms with Crippen LogP contribution < -0.4 is 0 Å². The zero-order valence-corrected chi connectivity index (χ0v) is 22.0. The summed E-state index contributed by atoms with van der Waals surface area (Å²) in [6.45, 7) is 5.06. The van der Waals surface area contributed by atoms with Gasteiger partial charge in [-0.05, 0) is 25.7 Å². The molecule has 1 atom stereocenters. The van der Waals surface area contributed by atoms with Gasteiger partial charge in [0.1, 0.15) is 6.61 Å². The minimum Gasteiger partial charge on any atom is -0.462 e. The fourth-order valence-electron chi connectivity index (χ4n) is 3.47. The van der Waals surface area contributed by atoms with E-state index in [-0.39, 0.29) is 19.4 Å². The Morgan fingerprint density at radius 1 is 0.794 bits per heavy atom. The van der Waals surface area contributed by atoms with Gasteiger partial charge in [-0.1, -0.05) is 83.6 Å². The smallest absolute Gasteiger partial charge is 0.462 e. The molecule has 0 aliphatic rings. The third-order valence-corrected chi connectivity index (χ3v) is 5.92. The summed E-state index contributed by atoms with van der Waals surface area (Å²) >= 11 is 0. The Kier molecular flexibility index (Phi) is 21.5. The van der Waals surface area contributed by atoms with E-state index in [0.29, 0.717) is 6.42 Å². The lowest BCUT2D eigenvalue weighted by molar-refractivity contribution is -0.161. The normalized spacial score (nSPS) is 12.3. The molecule has 0 saturated heterocycles. The number of hydrogen-bond donors (Lipinski definition) is 2. The lowest BCUT2D eigenvalue weighted by atomic mass is 10.1. The molecule has 2 N–H and O–H groups in total. The second kappa shape index (κ2) is 22.3. The van der Waals surface area contributed by atoms with Gasteiger partial charge in [0, 0.05) is 12.8 Å². The van der Waals surface area contributed by atoms with Crippen LogP contribution in [0.15, 0.2) is 12.7 Å². The molecular formula is C25H47O8P. The first-order chi connectivity index (χ1) is 16.3. The molecule has 200 valence electrons. The van der Waals surface area contributed by atoms with Gasteiger partial charge in [-0.25, -0.2) is 4.57 Å². The summed E-state index contributed by atoms with van der Waals surface area (Å²) in [6, 6.07) is 0. The van der Waals surface area contributed by atoms with Crippen LogP contribution in [-0.4, -0.2) is 41.0 Å². The molecule has 8 nitrogen and oxygen atoms in total. The molecule has 0 radical (unpaired) electrons. The van der Waals surface area contributed by atoms with Gasteiger partial charge in [-0.2, -0.15) is 0 Å². The van der Waals surface area contributed by atoms with Gasteiger partial charge in [0.25, 0.3) is 0 Å². The van der Waals surface area contributed by atoms with Crippen LogP contribution in [0.5, 0.6) is 0 Å². The van der Waals surface area contributed by atoms with Crippen molar-refractivity contribution >= 4 is 19.8 Å². The SMILES string of the molecule is C=CCCCCCCCC(=O)O[C@@H](COC(=O)CCCCCCCCCCC)COP(=O)(O)O. The Bertz CT molecular complexity index is 575. The van der Waals surface area contributed by atoms with Crippen LogP contribution in [0.1, 0.15) is 116 Å². The number of carbonyl (C=O) groups excluding carboxylic acids is 2. The fraction of sp³-hybridized carbons (Fsp3) is 0.840. The summed E-state index contributed by atoms with van der Waals surface area (Å²) in [5, 5.41) is 0. The maximum atomic E-state index is 12.1. The molecule has 0 bridgehead atoms. The van der Waals surface area contributed by atoms with Crippen LogP contribution in [0.3, 0.4) is 0 Å². The van der Waals surface area contributed by atoms with Crippen molar-refractivity contribution in [2.24, 2.45) is 0 Å². The number of ether oxygens (including phenoxy) is 2. The molecule has 0 saturated carbocycles. The van der Waals surface area contributed by atoms with Crippen LogP contribution in [0, 0.1) is 0 Å². The number of allylic oxidation sites excluding steroid dienone is 1. The van der Waals surface area contributed by atoms with E-state index in [1.54, 1.807) is 0 Å². The molecule has 34 heavy (non-hydrogen) atoms. The Morgan fingerprint density at radius 2 is 1.29 bits per heavy atom. The quantitative estimate of drug-likeness (QED) is 0.0669. The highest BCUT2D eigenvalue weighted by Gasteiger charge is 2.22. The Hall–Kier alpha value is -1.21. The molecular weight excluding hydrogens is 459 g/mol. The van der Waals surface area contributed by atoms with Gasteiger partial charge >= 0.3 is 19.8 Å². The Labute approximate surface area is 206 Å². The Balaban J connectivity index is 4.12. The average molecular weight is 507 g/mol. The summed E-state index contributed by atoms with van der Waals surface area (Å²) in [5.74, 6) is -0.917. The minimum absolute atomic E-state index is 0.195. The summed E-state index contributed by atoms with van der Waals surface area (Å²) in [4.78, 5) is 41.9. The van der Waals surface area contributed by atoms with Crippen molar-refractivity contribution in [1.82, 2.24) is 0 Å². The number of hydrogen-bond acceptors (Lipinski definition) is 6. The molecule has 0 aromatic heterocycles. The summed E-state index contributed by atoms with van der Waals surface area (Å²) in [5.41, 5.74) is 0. The predicted molar refractivity (Wildman–Crippen MR) is 133 cm³/mol. The zero-order chi connectivity index (χ0) is 25.5. The van der Waals surface area contributed by atoms with Gasteiger partial charge in [0.15, 0.2) is 6.10 Å². The molecule has 0 aromatic rings. The summed E-state index contributed by atoms with van der Waals surface area (Å²) in [7, 11) is -4.73. The van der Waals surface area contributed by atoms with E-state index in [1.165, 1.54) is 38.5 Å². The highest BCUT2D eigenvalue weighted by Crippen LogP contribution is 2.35. The maximum Gasteiger partial charge on any atom is 0.469 e. The largest absolute Gasteiger partial charge is 0.469 e. The highest BCUT2D eigenvalue weighted by atomic mass is 31.2. The average Bonchev–Trinajstić information content (AvgIpc) is 2.78. The van der Waals surface area contributed by atoms with Gasteiger partial charge in [0.2, 0.25) is 0 Å². The first-order valence-corrected chi connectivity index (χ1v) is 14.5. The van der Waals surface area contributed by atoms with E-state index in [0.717, 1.165) is 51.4 Å². The first kappa shape index (κ1) is 32.8. The second-order valence-corrected chi connectivity index (χ2v) is 9.99. The molecule has 0 heterocycles. The molecule has 0 aliphatic heterocycles. The van der Waals surface area contributed by atoms with Crippen LogP contribution in [-0.2, 0) is 28.2 Å². The summed E-state index contributed by atoms with van der Waals surface area (Å²) in [6.07, 6.45) is 17.3. The van der Waals surface area contributed by atoms with Crippen molar-refractivity contribution in [3.63, 3.8) is 0 Å². The van der Waals surface area contributed by atoms with Crippen LogP contribution in [0.4, 0.5) is 0 Å². The van der Waals surface area contributed by atoms with Gasteiger partial charge in [-0.15, -0.1) is 6.58 Å². The van der Waals surface area contributed by atoms with E-state index in [4.69, 9.17) is 19.3 Å². The van der Waals surface area contributed by atoms with Crippen LogP contribution in [0.2, 0.25) is 0 Å². The van der Waals surface area contributed by atoms with Crippen molar-refractivity contribution in [1.29, 1.82) is 0 Å². The standard InChI is InChI=1S/C25H47O8P/c1-3-5-7-9-11-12-14-15-17-19-24(26)31-21-23(22-32-34(28,29)30)33-25(27)20-18-16-13-10-8-6-4-2/h4,23H,2-3,5-22H2,1H3,(H2,28,29,30)/t23-/m0/s1. The molecule has 0 fully saturated rings. The van der Waals surface area contributed by atoms with Crippen molar-refractivity contribution in [3.05, 3.63) is 12.7 Å². The third-order valence-electron chi connectivity index (χ3n) is 5.43. The van der Waals surface area contributed by atoms with E-state index in [9.17, 15) is 14.2 Å². The van der Waals surface area contributed by atoms with Crippen molar-refractivity contribution in [3.8, 4) is 0 Å². The van der Waals surface area contributed by atoms with E-state index < -0.39 is 32.5 Å². The van der Waals surface area contributed by atoms with E-state index >= 15 is 0 Å². The van der Waals surface area contributed by atoms with E-state index in [2.05, 4.69) is 18.0 Å². The van der Waals surface area contributed by atoms with Crippen LogP contribution in [0.25, 0.3) is 0 Å². The highest BCUT2D eigenvalue weighted by molar-refractivity contribution is 7.46. The molecule has 9 heteroatoms. The number of phosphoric acid groups is 1. The number of esters is 2. The minimum atomic E-state index is -4.73. The van der Waals surface area contributed by atoms with Gasteiger partial charge < -0.3 is 19.3 Å². The summed E-state index contributed by atoms with van der Waals surface area (Å²) < 4.78 is 25.9. The zero-order valence-electron chi connectivity index (χ0n) is 21.1. The lowest BCUT2D eigenvalue weighted by Gasteiger charge is -2.18. The van der Waals surface area contributed by atoms with Crippen molar-refractivity contribution in [2.45, 2.75) is 122 Å². The molecule has 0 amide bonds. The number of rotatable bonds is 24. The lowest BCUT2D eigenvalue weighted by Crippen LogP contribution is -2.29. The predicted octanol–water partition coefficient (Wildman–Crippen LogP) is 6.39. The monoisotopic (exact) mass is 506 g/mol. The molecule has 0 rings (SSSR count). The fourth-order valence-corrected chi connectivity index (χ4v) is 3.83. The van der Waals surface area contributed by atoms with Crippen molar-refractivity contribution in [2.75, 3.05) is 13.2 Å².